The molecule has 3 aromatic carbocycles. The van der Waals surface area contributed by atoms with Gasteiger partial charge >= 0.3 is 11.9 Å². The number of carbonyl (C=O) groups is 2. The van der Waals surface area contributed by atoms with E-state index in [-0.39, 0.29) is 22.4 Å². The lowest BCUT2D eigenvalue weighted by atomic mass is 10.0. The van der Waals surface area contributed by atoms with Crippen LogP contribution >= 0.6 is 0 Å². The van der Waals surface area contributed by atoms with E-state index in [4.69, 9.17) is 9.47 Å². The van der Waals surface area contributed by atoms with Gasteiger partial charge < -0.3 is 9.47 Å². The largest absolute Gasteiger partial charge is 0.465 e. The molecule has 0 amide bonds. The zero-order valence-electron chi connectivity index (χ0n) is 19.4. The number of carbonyl (C=O) groups excluding carboxylic acids is 2. The second kappa shape index (κ2) is 10.0. The maximum atomic E-state index is 13.6. The molecule has 0 bridgehead atoms. The van der Waals surface area contributed by atoms with Crippen molar-refractivity contribution < 1.29 is 19.1 Å². The quantitative estimate of drug-likeness (QED) is 0.330. The summed E-state index contributed by atoms with van der Waals surface area (Å²) in [6.45, 7) is 1.68. The van der Waals surface area contributed by atoms with Crippen LogP contribution in [-0.2, 0) is 9.47 Å². The first kappa shape index (κ1) is 23.4. The maximum absolute atomic E-state index is 13.6. The number of hydrogen-bond donors (Lipinski definition) is 1. The second-order valence-electron chi connectivity index (χ2n) is 7.62. The molecule has 0 fully saturated rings. The summed E-state index contributed by atoms with van der Waals surface area (Å²) in [6, 6.07) is 22.9. The Kier molecular flexibility index (Phi) is 6.73. The van der Waals surface area contributed by atoms with Crippen LogP contribution in [0.25, 0.3) is 16.9 Å². The molecular weight excluding hydrogens is 446 g/mol. The highest BCUT2D eigenvalue weighted by Crippen LogP contribution is 2.26. The molecule has 176 valence electrons. The van der Waals surface area contributed by atoms with Crippen molar-refractivity contribution in [1.82, 2.24) is 9.78 Å². The number of rotatable bonds is 6. The Morgan fingerprint density at radius 3 is 2.11 bits per heavy atom. The van der Waals surface area contributed by atoms with Crippen molar-refractivity contribution in [1.29, 1.82) is 0 Å². The lowest BCUT2D eigenvalue weighted by Crippen LogP contribution is -2.19. The van der Waals surface area contributed by atoms with Crippen molar-refractivity contribution in [3.05, 3.63) is 106 Å². The van der Waals surface area contributed by atoms with E-state index in [0.29, 0.717) is 22.7 Å². The molecule has 1 N–H and O–H groups in total. The number of hydrogen-bond acceptors (Lipinski definition) is 6. The van der Waals surface area contributed by atoms with E-state index in [9.17, 15) is 14.4 Å². The first-order valence-electron chi connectivity index (χ1n) is 10.8. The number of nitrogens with zero attached hydrogens (tertiary/aromatic N) is 2. The van der Waals surface area contributed by atoms with Gasteiger partial charge in [0.25, 0.3) is 5.56 Å². The van der Waals surface area contributed by atoms with E-state index >= 15 is 0 Å². The van der Waals surface area contributed by atoms with E-state index in [0.717, 1.165) is 5.56 Å². The van der Waals surface area contributed by atoms with Gasteiger partial charge in [0.15, 0.2) is 0 Å². The predicted molar refractivity (Wildman–Crippen MR) is 133 cm³/mol. The maximum Gasteiger partial charge on any atom is 0.340 e. The van der Waals surface area contributed by atoms with Crippen molar-refractivity contribution >= 4 is 23.3 Å². The third kappa shape index (κ3) is 4.67. The highest BCUT2D eigenvalue weighted by molar-refractivity contribution is 6.07. The summed E-state index contributed by atoms with van der Waals surface area (Å²) in [6.07, 6.45) is 0. The Labute approximate surface area is 201 Å². The summed E-state index contributed by atoms with van der Waals surface area (Å²) in [5, 5.41) is 3.19. The normalized spacial score (nSPS) is 11.2. The van der Waals surface area contributed by atoms with Crippen LogP contribution in [0.2, 0.25) is 0 Å². The lowest BCUT2D eigenvalue weighted by molar-refractivity contribution is 0.0587. The zero-order chi connectivity index (χ0) is 24.9. The molecule has 35 heavy (non-hydrogen) atoms. The number of aliphatic imine (C=N–C) groups is 1. The molecule has 0 saturated carbocycles. The Hall–Kier alpha value is -4.72. The van der Waals surface area contributed by atoms with Crippen LogP contribution in [0.1, 0.15) is 33.2 Å². The van der Waals surface area contributed by atoms with Gasteiger partial charge in [0, 0.05) is 5.56 Å². The van der Waals surface area contributed by atoms with Gasteiger partial charge in [-0.1, -0.05) is 48.5 Å². The second-order valence-corrected chi connectivity index (χ2v) is 7.62. The van der Waals surface area contributed by atoms with Crippen LogP contribution in [-0.4, -0.2) is 41.7 Å². The summed E-state index contributed by atoms with van der Waals surface area (Å²) in [4.78, 5) is 42.6. The van der Waals surface area contributed by atoms with Gasteiger partial charge in [-0.05, 0) is 37.3 Å². The molecular formula is C27H23N3O5. The fourth-order valence-corrected chi connectivity index (χ4v) is 3.73. The lowest BCUT2D eigenvalue weighted by Gasteiger charge is -2.08. The number of aromatic amines is 1. The van der Waals surface area contributed by atoms with Crippen molar-refractivity contribution in [2.45, 2.75) is 6.92 Å². The molecule has 8 heteroatoms. The number of aromatic nitrogens is 2. The standard InChI is InChI=1S/C27H23N3O5/c1-17(28-22-16-19(26(32)34-2)14-15-21(22)27(33)35-3)23-24(18-10-6-4-7-11-18)29-30(25(23)31)20-12-8-5-9-13-20/h4-16,29H,1-3H3. The summed E-state index contributed by atoms with van der Waals surface area (Å²) < 4.78 is 11.1. The third-order valence-corrected chi connectivity index (χ3v) is 5.44. The Balaban J connectivity index is 1.94. The van der Waals surface area contributed by atoms with Crippen molar-refractivity contribution in [3.8, 4) is 16.9 Å². The number of para-hydroxylation sites is 1. The SMILES string of the molecule is COC(=O)c1ccc(C(=O)OC)c(N=C(C)c2c(-c3ccccc3)[nH]n(-c3ccccc3)c2=O)c1. The van der Waals surface area contributed by atoms with Crippen molar-refractivity contribution in [2.75, 3.05) is 14.2 Å². The van der Waals surface area contributed by atoms with Crippen LogP contribution in [0.5, 0.6) is 0 Å². The Morgan fingerprint density at radius 2 is 1.49 bits per heavy atom. The molecule has 0 radical (unpaired) electrons. The topological polar surface area (TPSA) is 103 Å². The summed E-state index contributed by atoms with van der Waals surface area (Å²) in [7, 11) is 2.53. The number of nitrogens with one attached hydrogen (secondary N) is 1. The Morgan fingerprint density at radius 1 is 0.857 bits per heavy atom. The van der Waals surface area contributed by atoms with Gasteiger partial charge in [0.1, 0.15) is 0 Å². The van der Waals surface area contributed by atoms with Crippen LogP contribution in [0.4, 0.5) is 5.69 Å². The molecule has 1 heterocycles. The average molecular weight is 469 g/mol. The number of esters is 2. The first-order chi connectivity index (χ1) is 16.9. The van der Waals surface area contributed by atoms with E-state index in [1.807, 2.05) is 60.7 Å². The van der Waals surface area contributed by atoms with Crippen LogP contribution in [0.3, 0.4) is 0 Å². The van der Waals surface area contributed by atoms with Crippen molar-refractivity contribution in [3.63, 3.8) is 0 Å². The van der Waals surface area contributed by atoms with Gasteiger partial charge in [0.05, 0.1) is 53.7 Å². The predicted octanol–water partition coefficient (Wildman–Crippen LogP) is 4.55. The Bertz CT molecular complexity index is 1470. The van der Waals surface area contributed by atoms with E-state index in [1.54, 1.807) is 6.92 Å². The minimum absolute atomic E-state index is 0.152. The summed E-state index contributed by atoms with van der Waals surface area (Å²) in [5.74, 6) is -1.19. The van der Waals surface area contributed by atoms with E-state index in [2.05, 4.69) is 10.1 Å². The highest BCUT2D eigenvalue weighted by Gasteiger charge is 2.21. The van der Waals surface area contributed by atoms with Gasteiger partial charge in [-0.15, -0.1) is 0 Å². The monoisotopic (exact) mass is 469 g/mol. The molecule has 0 aliphatic heterocycles. The molecule has 8 nitrogen and oxygen atoms in total. The van der Waals surface area contributed by atoms with Gasteiger partial charge in [-0.25, -0.2) is 14.3 Å². The van der Waals surface area contributed by atoms with Crippen LogP contribution in [0, 0.1) is 0 Å². The minimum atomic E-state index is -0.619. The number of benzene rings is 3. The molecule has 0 spiro atoms. The zero-order valence-corrected chi connectivity index (χ0v) is 19.4. The number of ether oxygens (including phenoxy) is 2. The summed E-state index contributed by atoms with van der Waals surface area (Å²) in [5.41, 5.74) is 2.96. The fraction of sp³-hybridized carbons (Fsp3) is 0.111. The number of methoxy groups -OCH3 is 2. The van der Waals surface area contributed by atoms with Crippen LogP contribution in [0.15, 0.2) is 88.6 Å². The molecule has 1 aromatic heterocycles. The molecule has 4 rings (SSSR count). The molecule has 4 aromatic rings. The third-order valence-electron chi connectivity index (χ3n) is 5.44. The summed E-state index contributed by atoms with van der Waals surface area (Å²) >= 11 is 0. The average Bonchev–Trinajstić information content (AvgIpc) is 3.25. The van der Waals surface area contributed by atoms with E-state index < -0.39 is 11.9 Å². The fourth-order valence-electron chi connectivity index (χ4n) is 3.73. The van der Waals surface area contributed by atoms with Crippen LogP contribution < -0.4 is 5.56 Å². The highest BCUT2D eigenvalue weighted by atomic mass is 16.5. The molecule has 0 aliphatic rings. The molecule has 0 aliphatic carbocycles. The first-order valence-corrected chi connectivity index (χ1v) is 10.8. The smallest absolute Gasteiger partial charge is 0.340 e. The number of H-pyrrole nitrogens is 1. The molecule has 0 atom stereocenters. The van der Waals surface area contributed by atoms with Crippen molar-refractivity contribution in [2.24, 2.45) is 4.99 Å². The van der Waals surface area contributed by atoms with Gasteiger partial charge in [-0.3, -0.25) is 14.9 Å². The molecule has 0 saturated heterocycles. The van der Waals surface area contributed by atoms with Gasteiger partial charge in [0.2, 0.25) is 0 Å². The molecule has 0 unspecified atom stereocenters. The van der Waals surface area contributed by atoms with Gasteiger partial charge in [-0.2, -0.15) is 0 Å². The van der Waals surface area contributed by atoms with E-state index in [1.165, 1.54) is 37.1 Å². The minimum Gasteiger partial charge on any atom is -0.465 e.